The van der Waals surface area contributed by atoms with E-state index >= 15 is 0 Å². The summed E-state index contributed by atoms with van der Waals surface area (Å²) in [4.78, 5) is 23.0. The van der Waals surface area contributed by atoms with Gasteiger partial charge in [-0.3, -0.25) is 4.79 Å². The highest BCUT2D eigenvalue weighted by atomic mass is 16.5. The number of ether oxygens (including phenoxy) is 1. The number of carboxylic acids is 1. The van der Waals surface area contributed by atoms with Gasteiger partial charge in [0.15, 0.2) is 6.10 Å². The van der Waals surface area contributed by atoms with E-state index in [9.17, 15) is 14.7 Å². The minimum absolute atomic E-state index is 0.236. The number of likely N-dealkylation sites (N-methyl/N-ethyl adjacent to an activating group) is 1. The van der Waals surface area contributed by atoms with Gasteiger partial charge in [0.1, 0.15) is 6.54 Å². The molecule has 0 saturated heterocycles. The van der Waals surface area contributed by atoms with Gasteiger partial charge in [0, 0.05) is 18.8 Å². The van der Waals surface area contributed by atoms with Gasteiger partial charge >= 0.3 is 5.97 Å². The number of esters is 1. The number of carboxylic acid groups (broad SMARTS) is 1. The molecule has 1 unspecified atom stereocenters. The molecule has 1 atom stereocenters. The van der Waals surface area contributed by atoms with Crippen LogP contribution in [0.5, 0.6) is 0 Å². The van der Waals surface area contributed by atoms with Crippen molar-refractivity contribution in [3.63, 3.8) is 0 Å². The number of quaternary nitrogens is 1. The molecule has 0 aliphatic heterocycles. The van der Waals surface area contributed by atoms with Gasteiger partial charge in [-0.05, 0) is 12.3 Å². The Labute approximate surface area is 205 Å². The van der Waals surface area contributed by atoms with E-state index in [2.05, 4.69) is 13.8 Å². The van der Waals surface area contributed by atoms with Gasteiger partial charge in [0.2, 0.25) is 0 Å². The smallest absolute Gasteiger partial charge is 0.306 e. The molecule has 196 valence electrons. The summed E-state index contributed by atoms with van der Waals surface area (Å²) in [6, 6.07) is 0. The van der Waals surface area contributed by atoms with Crippen LogP contribution in [-0.2, 0) is 14.3 Å². The Morgan fingerprint density at radius 3 is 1.45 bits per heavy atom. The van der Waals surface area contributed by atoms with Crippen LogP contribution >= 0.6 is 0 Å². The number of nitrogens with zero attached hydrogens (tertiary/aromatic N) is 1. The van der Waals surface area contributed by atoms with E-state index in [0.29, 0.717) is 17.4 Å². The Morgan fingerprint density at radius 2 is 1.09 bits per heavy atom. The maximum atomic E-state index is 12.1. The summed E-state index contributed by atoms with van der Waals surface area (Å²) in [5.41, 5.74) is 0. The van der Waals surface area contributed by atoms with Gasteiger partial charge in [0.05, 0.1) is 21.1 Å². The SMILES string of the molecule is CC(C)CCCCCCCCCCCCCCCCCC(=O)OC(CC(=O)[O-])C[N+](C)(C)C. The van der Waals surface area contributed by atoms with E-state index in [0.717, 1.165) is 25.2 Å². The molecule has 0 radical (unpaired) electrons. The van der Waals surface area contributed by atoms with Crippen molar-refractivity contribution >= 4 is 11.9 Å². The Hall–Kier alpha value is -1.10. The quantitative estimate of drug-likeness (QED) is 0.104. The fraction of sp³-hybridized carbons (Fsp3) is 0.929. The van der Waals surface area contributed by atoms with Crippen molar-refractivity contribution in [1.29, 1.82) is 0 Å². The van der Waals surface area contributed by atoms with Crippen molar-refractivity contribution in [1.82, 2.24) is 0 Å². The number of unbranched alkanes of at least 4 members (excludes halogenated alkanes) is 14. The molecule has 33 heavy (non-hydrogen) atoms. The molecule has 0 aliphatic carbocycles. The molecule has 0 N–H and O–H groups in total. The normalized spacial score (nSPS) is 12.8. The number of hydrogen-bond acceptors (Lipinski definition) is 4. The molecule has 0 heterocycles. The molecule has 0 aromatic carbocycles. The van der Waals surface area contributed by atoms with E-state index < -0.39 is 12.1 Å². The van der Waals surface area contributed by atoms with E-state index in [1.165, 1.54) is 83.5 Å². The summed E-state index contributed by atoms with van der Waals surface area (Å²) in [5, 5.41) is 10.9. The summed E-state index contributed by atoms with van der Waals surface area (Å²) in [6.45, 7) is 5.10. The molecule has 0 rings (SSSR count). The number of hydrogen-bond donors (Lipinski definition) is 0. The summed E-state index contributed by atoms with van der Waals surface area (Å²) >= 11 is 0. The van der Waals surface area contributed by atoms with Gasteiger partial charge in [-0.25, -0.2) is 0 Å². The Morgan fingerprint density at radius 1 is 0.697 bits per heavy atom. The standard InChI is InChI=1S/C28H55NO4/c1-25(2)21-19-17-15-13-11-9-7-6-8-10-12-14-16-18-20-22-28(32)33-26(23-27(30)31)24-29(3,4)5/h25-26H,6-24H2,1-5H3. The highest BCUT2D eigenvalue weighted by Crippen LogP contribution is 2.15. The molecule has 5 heteroatoms. The van der Waals surface area contributed by atoms with Gasteiger partial charge in [-0.1, -0.05) is 110 Å². The topological polar surface area (TPSA) is 66.4 Å². The predicted octanol–water partition coefficient (Wildman–Crippen LogP) is 6.03. The van der Waals surface area contributed by atoms with Gasteiger partial charge < -0.3 is 19.1 Å². The number of aliphatic carboxylic acids is 1. The lowest BCUT2D eigenvalue weighted by Gasteiger charge is -2.29. The van der Waals surface area contributed by atoms with Crippen molar-refractivity contribution in [2.45, 2.75) is 136 Å². The average molecular weight is 470 g/mol. The maximum absolute atomic E-state index is 12.1. The van der Waals surface area contributed by atoms with Crippen LogP contribution in [0.15, 0.2) is 0 Å². The molecule has 0 fully saturated rings. The van der Waals surface area contributed by atoms with Crippen molar-refractivity contribution in [3.05, 3.63) is 0 Å². The molecule has 0 aromatic heterocycles. The minimum Gasteiger partial charge on any atom is -0.550 e. The first kappa shape index (κ1) is 31.9. The molecule has 0 aromatic rings. The highest BCUT2D eigenvalue weighted by Gasteiger charge is 2.22. The van der Waals surface area contributed by atoms with E-state index in [-0.39, 0.29) is 12.4 Å². The minimum atomic E-state index is -1.17. The van der Waals surface area contributed by atoms with Crippen LogP contribution in [0.4, 0.5) is 0 Å². The lowest BCUT2D eigenvalue weighted by atomic mass is 10.0. The monoisotopic (exact) mass is 469 g/mol. The van der Waals surface area contributed by atoms with Crippen LogP contribution in [0.25, 0.3) is 0 Å². The predicted molar refractivity (Wildman–Crippen MR) is 136 cm³/mol. The Balaban J connectivity index is 3.49. The number of rotatable bonds is 23. The van der Waals surface area contributed by atoms with Crippen LogP contribution in [-0.4, -0.2) is 50.2 Å². The van der Waals surface area contributed by atoms with E-state index in [1.807, 2.05) is 21.1 Å². The van der Waals surface area contributed by atoms with Crippen LogP contribution in [0.1, 0.15) is 129 Å². The lowest BCUT2D eigenvalue weighted by Crippen LogP contribution is -2.45. The van der Waals surface area contributed by atoms with Crippen LogP contribution in [0.3, 0.4) is 0 Å². The van der Waals surface area contributed by atoms with Crippen molar-refractivity contribution in [3.8, 4) is 0 Å². The zero-order valence-corrected chi connectivity index (χ0v) is 22.7. The van der Waals surface area contributed by atoms with Crippen molar-refractivity contribution < 1.29 is 23.9 Å². The Kier molecular flexibility index (Phi) is 19.6. The molecule has 0 spiro atoms. The molecule has 0 saturated carbocycles. The van der Waals surface area contributed by atoms with Crippen molar-refractivity contribution in [2.24, 2.45) is 5.92 Å². The first-order valence-corrected chi connectivity index (χ1v) is 13.8. The fourth-order valence-electron chi connectivity index (χ4n) is 4.31. The molecular formula is C28H55NO4. The average Bonchev–Trinajstić information content (AvgIpc) is 2.68. The maximum Gasteiger partial charge on any atom is 0.306 e. The second-order valence-corrected chi connectivity index (χ2v) is 11.4. The number of carbonyl (C=O) groups is 2. The molecule has 0 aliphatic rings. The molecule has 0 amide bonds. The summed E-state index contributed by atoms with van der Waals surface area (Å²) in [5.74, 6) is -0.603. The molecule has 0 bridgehead atoms. The van der Waals surface area contributed by atoms with Crippen LogP contribution in [0, 0.1) is 5.92 Å². The largest absolute Gasteiger partial charge is 0.550 e. The van der Waals surface area contributed by atoms with Crippen LogP contribution in [0.2, 0.25) is 0 Å². The van der Waals surface area contributed by atoms with E-state index in [4.69, 9.17) is 4.74 Å². The number of carbonyl (C=O) groups excluding carboxylic acids is 2. The second-order valence-electron chi connectivity index (χ2n) is 11.4. The van der Waals surface area contributed by atoms with Gasteiger partial charge in [0.25, 0.3) is 0 Å². The first-order valence-electron chi connectivity index (χ1n) is 13.8. The molecular weight excluding hydrogens is 414 g/mol. The molecule has 5 nitrogen and oxygen atoms in total. The van der Waals surface area contributed by atoms with Crippen LogP contribution < -0.4 is 5.11 Å². The lowest BCUT2D eigenvalue weighted by molar-refractivity contribution is -0.873. The summed E-state index contributed by atoms with van der Waals surface area (Å²) in [7, 11) is 5.85. The highest BCUT2D eigenvalue weighted by molar-refractivity contribution is 5.70. The third kappa shape index (κ3) is 25.4. The van der Waals surface area contributed by atoms with E-state index in [1.54, 1.807) is 0 Å². The Bertz CT molecular complexity index is 485. The summed E-state index contributed by atoms with van der Waals surface area (Å²) < 4.78 is 5.94. The summed E-state index contributed by atoms with van der Waals surface area (Å²) in [6.07, 6.45) is 20.4. The zero-order valence-electron chi connectivity index (χ0n) is 22.7. The zero-order chi connectivity index (χ0) is 25.0. The third-order valence-electron chi connectivity index (χ3n) is 6.11. The van der Waals surface area contributed by atoms with Gasteiger partial charge in [-0.2, -0.15) is 0 Å². The van der Waals surface area contributed by atoms with Crippen molar-refractivity contribution in [2.75, 3.05) is 27.7 Å². The first-order chi connectivity index (χ1) is 15.6. The van der Waals surface area contributed by atoms with Gasteiger partial charge in [-0.15, -0.1) is 0 Å². The third-order valence-corrected chi connectivity index (χ3v) is 6.11. The second kappa shape index (κ2) is 20.3. The fourth-order valence-corrected chi connectivity index (χ4v) is 4.31.